The fourth-order valence-corrected chi connectivity index (χ4v) is 3.74. The summed E-state index contributed by atoms with van der Waals surface area (Å²) in [6.45, 7) is 4.67. The van der Waals surface area contributed by atoms with E-state index in [1.807, 2.05) is 0 Å². The van der Waals surface area contributed by atoms with Gasteiger partial charge in [0.1, 0.15) is 0 Å². The van der Waals surface area contributed by atoms with Gasteiger partial charge in [0.25, 0.3) is 0 Å². The van der Waals surface area contributed by atoms with Gasteiger partial charge in [-0.05, 0) is 36.5 Å². The Morgan fingerprint density at radius 2 is 1.59 bits per heavy atom. The number of ether oxygens (including phenoxy) is 1. The molecule has 1 unspecified atom stereocenters. The number of carboxylic acid groups (broad SMARTS) is 3. The minimum Gasteiger partial charge on any atom is -0.478 e. The molecule has 0 bridgehead atoms. The highest BCUT2D eigenvalue weighted by Gasteiger charge is 2.38. The van der Waals surface area contributed by atoms with E-state index in [9.17, 15) is 36.2 Å². The Morgan fingerprint density at radius 3 is 2.05 bits per heavy atom. The molecule has 39 heavy (non-hydrogen) atoms. The lowest BCUT2D eigenvalue weighted by molar-refractivity contribution is -0.193. The number of fused-ring (bicyclic) bond motifs is 1. The van der Waals surface area contributed by atoms with Crippen molar-refractivity contribution in [2.45, 2.75) is 31.6 Å². The molecule has 1 atom stereocenters. The quantitative estimate of drug-likeness (QED) is 0.464. The summed E-state index contributed by atoms with van der Waals surface area (Å²) in [5, 5.41) is 23.8. The van der Waals surface area contributed by atoms with Crippen LogP contribution in [0.5, 0.6) is 0 Å². The lowest BCUT2D eigenvalue weighted by atomic mass is 10.0. The zero-order valence-corrected chi connectivity index (χ0v) is 20.1. The number of aliphatic carboxylic acids is 2. The lowest BCUT2D eigenvalue weighted by Crippen LogP contribution is -2.32. The van der Waals surface area contributed by atoms with Gasteiger partial charge in [-0.15, -0.1) is 0 Å². The highest BCUT2D eigenvalue weighted by atomic mass is 19.4. The molecule has 10 nitrogen and oxygen atoms in total. The van der Waals surface area contributed by atoms with Gasteiger partial charge in [0, 0.05) is 43.9 Å². The third kappa shape index (κ3) is 9.86. The first-order valence-electron chi connectivity index (χ1n) is 11.3. The smallest absolute Gasteiger partial charge is 0.478 e. The highest BCUT2D eigenvalue weighted by Crippen LogP contribution is 2.27. The van der Waals surface area contributed by atoms with Gasteiger partial charge in [-0.25, -0.2) is 14.4 Å². The number of pyridine rings is 1. The molecule has 2 aliphatic heterocycles. The maximum atomic E-state index is 11.7. The third-order valence-electron chi connectivity index (χ3n) is 5.60. The Hall–Kier alpha value is -3.66. The first-order chi connectivity index (χ1) is 18.1. The maximum Gasteiger partial charge on any atom is 0.490 e. The average Bonchev–Trinajstić information content (AvgIpc) is 3.51. The number of aromatic carboxylic acids is 1. The van der Waals surface area contributed by atoms with Crippen LogP contribution in [0.2, 0.25) is 0 Å². The number of halogens is 6. The van der Waals surface area contributed by atoms with Gasteiger partial charge < -0.3 is 29.4 Å². The molecule has 16 heteroatoms. The van der Waals surface area contributed by atoms with E-state index in [0.29, 0.717) is 17.2 Å². The van der Waals surface area contributed by atoms with E-state index in [2.05, 4.69) is 4.90 Å². The SMILES string of the molecule is O=C(O)C(F)(F)F.O=C(O)C(F)(F)F.O=C(O)c1cc2c(nc1-c1ccoc1)CCN(CC1CCOC1)CC2. The maximum absolute atomic E-state index is 11.7. The molecular formula is C23H24F6N2O8. The number of nitrogens with zero attached hydrogens (tertiary/aromatic N) is 2. The van der Waals surface area contributed by atoms with Crippen LogP contribution in [0, 0.1) is 5.92 Å². The first-order valence-corrected chi connectivity index (χ1v) is 11.3. The van der Waals surface area contributed by atoms with Crippen LogP contribution in [0.1, 0.15) is 28.0 Å². The second-order valence-electron chi connectivity index (χ2n) is 8.44. The third-order valence-corrected chi connectivity index (χ3v) is 5.60. The molecule has 1 fully saturated rings. The van der Waals surface area contributed by atoms with Gasteiger partial charge in [0.05, 0.1) is 30.4 Å². The number of furan rings is 1. The van der Waals surface area contributed by atoms with E-state index in [4.69, 9.17) is 33.9 Å². The normalized spacial score (nSPS) is 17.5. The number of carboxylic acids is 3. The molecular weight excluding hydrogens is 546 g/mol. The van der Waals surface area contributed by atoms with Crippen molar-refractivity contribution >= 4 is 17.9 Å². The molecule has 0 spiro atoms. The summed E-state index contributed by atoms with van der Waals surface area (Å²) in [5.41, 5.74) is 3.51. The zero-order valence-electron chi connectivity index (χ0n) is 20.1. The van der Waals surface area contributed by atoms with Crippen molar-refractivity contribution in [2.75, 3.05) is 32.8 Å². The van der Waals surface area contributed by atoms with Crippen LogP contribution >= 0.6 is 0 Å². The fourth-order valence-electron chi connectivity index (χ4n) is 3.74. The summed E-state index contributed by atoms with van der Waals surface area (Å²) < 4.78 is 74.1. The Bertz CT molecular complexity index is 1100. The van der Waals surface area contributed by atoms with Crippen LogP contribution in [0.15, 0.2) is 29.1 Å². The summed E-state index contributed by atoms with van der Waals surface area (Å²) >= 11 is 0. The Morgan fingerprint density at radius 1 is 1.00 bits per heavy atom. The molecule has 0 radical (unpaired) electrons. The van der Waals surface area contributed by atoms with E-state index in [0.717, 1.165) is 63.4 Å². The number of hydrogen-bond donors (Lipinski definition) is 3. The van der Waals surface area contributed by atoms with Crippen LogP contribution < -0.4 is 0 Å². The molecule has 2 aliphatic rings. The monoisotopic (exact) mass is 570 g/mol. The number of rotatable bonds is 4. The first kappa shape index (κ1) is 31.6. The summed E-state index contributed by atoms with van der Waals surface area (Å²) in [6.07, 6.45) is -4.27. The molecule has 0 amide bonds. The molecule has 4 heterocycles. The predicted octanol–water partition coefficient (Wildman–Crippen LogP) is 3.74. The van der Waals surface area contributed by atoms with Gasteiger partial charge >= 0.3 is 30.3 Å². The number of carbonyl (C=O) groups is 3. The molecule has 1 saturated heterocycles. The predicted molar refractivity (Wildman–Crippen MR) is 119 cm³/mol. The van der Waals surface area contributed by atoms with E-state index in [1.54, 1.807) is 24.7 Å². The number of aromatic nitrogens is 1. The van der Waals surface area contributed by atoms with Gasteiger partial charge in [0.15, 0.2) is 0 Å². The van der Waals surface area contributed by atoms with Crippen LogP contribution in [-0.2, 0) is 27.2 Å². The number of hydrogen-bond acceptors (Lipinski definition) is 7. The van der Waals surface area contributed by atoms with Crippen molar-refractivity contribution in [3.8, 4) is 11.3 Å². The molecule has 216 valence electrons. The van der Waals surface area contributed by atoms with E-state index in [-0.39, 0.29) is 5.56 Å². The van der Waals surface area contributed by atoms with Crippen LogP contribution in [0.4, 0.5) is 26.3 Å². The fraction of sp³-hybridized carbons (Fsp3) is 0.478. The standard InChI is InChI=1S/C19H22N2O4.2C2HF3O2/c22-19(23)16-9-14-1-5-21(10-13-3-7-24-11-13)6-2-17(14)20-18(16)15-4-8-25-12-15;2*3-2(4,5)1(6)7/h4,8-9,12-13H,1-3,5-7,10-11H2,(H,22,23);2*(H,6,7). The topological polar surface area (TPSA) is 150 Å². The Kier molecular flexibility index (Phi) is 10.9. The lowest BCUT2D eigenvalue weighted by Gasteiger charge is -2.22. The van der Waals surface area contributed by atoms with E-state index >= 15 is 0 Å². The summed E-state index contributed by atoms with van der Waals surface area (Å²) in [4.78, 5) is 36.6. The van der Waals surface area contributed by atoms with Crippen molar-refractivity contribution in [2.24, 2.45) is 5.92 Å². The van der Waals surface area contributed by atoms with Crippen molar-refractivity contribution in [1.29, 1.82) is 0 Å². The zero-order chi connectivity index (χ0) is 29.4. The van der Waals surface area contributed by atoms with Gasteiger partial charge in [-0.1, -0.05) is 0 Å². The molecule has 2 aromatic rings. The second-order valence-corrected chi connectivity index (χ2v) is 8.44. The highest BCUT2D eigenvalue weighted by molar-refractivity contribution is 5.95. The van der Waals surface area contributed by atoms with Crippen LogP contribution in [-0.4, -0.2) is 88.3 Å². The van der Waals surface area contributed by atoms with Crippen molar-refractivity contribution < 1.29 is 65.2 Å². The van der Waals surface area contributed by atoms with Gasteiger partial charge in [0.2, 0.25) is 0 Å². The minimum absolute atomic E-state index is 0.248. The average molecular weight is 570 g/mol. The van der Waals surface area contributed by atoms with Crippen molar-refractivity contribution in [3.05, 3.63) is 41.5 Å². The summed E-state index contributed by atoms with van der Waals surface area (Å²) in [5.74, 6) is -5.85. The molecule has 4 rings (SSSR count). The molecule has 0 saturated carbocycles. The second kappa shape index (κ2) is 13.4. The summed E-state index contributed by atoms with van der Waals surface area (Å²) in [6, 6.07) is 3.56. The Labute approximate surface area is 216 Å². The molecule has 3 N–H and O–H groups in total. The van der Waals surface area contributed by atoms with Crippen molar-refractivity contribution in [1.82, 2.24) is 9.88 Å². The van der Waals surface area contributed by atoms with Gasteiger partial charge in [-0.3, -0.25) is 4.98 Å². The number of alkyl halides is 6. The summed E-state index contributed by atoms with van der Waals surface area (Å²) in [7, 11) is 0. The molecule has 2 aromatic heterocycles. The van der Waals surface area contributed by atoms with E-state index < -0.39 is 30.3 Å². The molecule has 0 aliphatic carbocycles. The van der Waals surface area contributed by atoms with Gasteiger partial charge in [-0.2, -0.15) is 26.3 Å². The van der Waals surface area contributed by atoms with Crippen molar-refractivity contribution in [3.63, 3.8) is 0 Å². The minimum atomic E-state index is -5.08. The van der Waals surface area contributed by atoms with Crippen LogP contribution in [0.25, 0.3) is 11.3 Å². The largest absolute Gasteiger partial charge is 0.490 e. The van der Waals surface area contributed by atoms with E-state index in [1.165, 1.54) is 0 Å². The molecule has 0 aromatic carbocycles. The Balaban J connectivity index is 0.000000317. The van der Waals surface area contributed by atoms with Crippen LogP contribution in [0.3, 0.4) is 0 Å².